The first-order chi connectivity index (χ1) is 9.58. The third kappa shape index (κ3) is 3.65. The first-order valence-corrected chi connectivity index (χ1v) is 7.01. The van der Waals surface area contributed by atoms with Crippen LogP contribution < -0.4 is 5.73 Å². The maximum atomic E-state index is 11.8. The maximum absolute atomic E-state index is 11.8. The summed E-state index contributed by atoms with van der Waals surface area (Å²) in [6, 6.07) is 11.0. The minimum absolute atomic E-state index is 0.366. The van der Waals surface area contributed by atoms with Crippen LogP contribution in [0.25, 0.3) is 0 Å². The highest BCUT2D eigenvalue weighted by molar-refractivity contribution is 9.10. The number of rotatable bonds is 5. The van der Waals surface area contributed by atoms with Crippen LogP contribution in [-0.2, 0) is 11.3 Å². The molecule has 1 unspecified atom stereocenters. The van der Waals surface area contributed by atoms with E-state index in [4.69, 9.17) is 5.73 Å². The van der Waals surface area contributed by atoms with Gasteiger partial charge < -0.3 is 5.73 Å². The Bertz CT molecular complexity index is 589. The molecule has 1 atom stereocenters. The third-order valence-electron chi connectivity index (χ3n) is 3.03. The number of nitrogens with two attached hydrogens (primary N) is 1. The van der Waals surface area contributed by atoms with Crippen LogP contribution >= 0.6 is 15.9 Å². The number of benzene rings is 1. The monoisotopic (exact) mass is 333 g/mol. The number of likely N-dealkylation sites (N-methyl/N-ethyl adjacent to an activating group) is 1. The highest BCUT2D eigenvalue weighted by atomic mass is 79.9. The van der Waals surface area contributed by atoms with Gasteiger partial charge in [0, 0.05) is 23.4 Å². The fourth-order valence-electron chi connectivity index (χ4n) is 2.18. The molecule has 0 aliphatic carbocycles. The fourth-order valence-corrected chi connectivity index (χ4v) is 2.60. The van der Waals surface area contributed by atoms with Gasteiger partial charge in [-0.1, -0.05) is 34.1 Å². The van der Waals surface area contributed by atoms with Crippen LogP contribution in [0.4, 0.5) is 0 Å². The second kappa shape index (κ2) is 6.63. The van der Waals surface area contributed by atoms with E-state index in [0.717, 1.165) is 15.6 Å². The van der Waals surface area contributed by atoms with Crippen molar-refractivity contribution in [2.75, 3.05) is 7.05 Å². The molecule has 104 valence electrons. The second-order valence-corrected chi connectivity index (χ2v) is 5.55. The number of primary amides is 1. The molecule has 0 radical (unpaired) electrons. The summed E-state index contributed by atoms with van der Waals surface area (Å²) in [5.74, 6) is -0.366. The minimum Gasteiger partial charge on any atom is -0.368 e. The first kappa shape index (κ1) is 14.7. The lowest BCUT2D eigenvalue weighted by Crippen LogP contribution is -2.35. The van der Waals surface area contributed by atoms with Crippen molar-refractivity contribution >= 4 is 21.8 Å². The lowest BCUT2D eigenvalue weighted by atomic mass is 10.0. The zero-order valence-electron chi connectivity index (χ0n) is 11.2. The summed E-state index contributed by atoms with van der Waals surface area (Å²) >= 11 is 3.41. The average molecular weight is 334 g/mol. The van der Waals surface area contributed by atoms with Crippen molar-refractivity contribution in [1.82, 2.24) is 9.88 Å². The van der Waals surface area contributed by atoms with Crippen LogP contribution in [0.5, 0.6) is 0 Å². The number of nitrogens with zero attached hydrogens (tertiary/aromatic N) is 2. The molecule has 1 amide bonds. The summed E-state index contributed by atoms with van der Waals surface area (Å²) in [5, 5.41) is 0. The number of amides is 1. The molecule has 1 aromatic heterocycles. The zero-order valence-corrected chi connectivity index (χ0v) is 12.7. The van der Waals surface area contributed by atoms with E-state index >= 15 is 0 Å². The van der Waals surface area contributed by atoms with E-state index in [1.165, 1.54) is 0 Å². The molecule has 0 saturated heterocycles. The van der Waals surface area contributed by atoms with Crippen molar-refractivity contribution in [3.8, 4) is 0 Å². The number of pyridine rings is 1. The lowest BCUT2D eigenvalue weighted by molar-refractivity contribution is -0.123. The van der Waals surface area contributed by atoms with Crippen LogP contribution in [-0.4, -0.2) is 22.8 Å². The number of carbonyl (C=O) groups is 1. The molecular formula is C15H16BrN3O. The van der Waals surface area contributed by atoms with Gasteiger partial charge in [0.2, 0.25) is 5.91 Å². The summed E-state index contributed by atoms with van der Waals surface area (Å²) in [6.07, 6.45) is 3.51. The molecule has 4 nitrogen and oxygen atoms in total. The standard InChI is InChI=1S/C15H16BrN3O/c1-19(10-11-4-3-7-18-9-11)14(15(17)20)12-5-2-6-13(16)8-12/h2-9,14H,10H2,1H3,(H2,17,20). The van der Waals surface area contributed by atoms with Gasteiger partial charge in [-0.2, -0.15) is 0 Å². The Labute approximate surface area is 126 Å². The molecular weight excluding hydrogens is 318 g/mol. The smallest absolute Gasteiger partial charge is 0.239 e. The molecule has 20 heavy (non-hydrogen) atoms. The first-order valence-electron chi connectivity index (χ1n) is 6.22. The summed E-state index contributed by atoms with van der Waals surface area (Å²) in [6.45, 7) is 0.605. The molecule has 2 N–H and O–H groups in total. The summed E-state index contributed by atoms with van der Waals surface area (Å²) < 4.78 is 0.927. The Morgan fingerprint density at radius 1 is 1.40 bits per heavy atom. The second-order valence-electron chi connectivity index (χ2n) is 4.64. The lowest BCUT2D eigenvalue weighted by Gasteiger charge is -2.26. The Morgan fingerprint density at radius 3 is 2.80 bits per heavy atom. The van der Waals surface area contributed by atoms with Gasteiger partial charge in [-0.15, -0.1) is 0 Å². The number of aromatic nitrogens is 1. The Hall–Kier alpha value is -1.72. The van der Waals surface area contributed by atoms with E-state index in [1.807, 2.05) is 48.3 Å². The Balaban J connectivity index is 2.23. The molecule has 1 heterocycles. The average Bonchev–Trinajstić information content (AvgIpc) is 2.39. The van der Waals surface area contributed by atoms with Crippen molar-refractivity contribution in [3.05, 3.63) is 64.4 Å². The molecule has 0 bridgehead atoms. The number of carbonyl (C=O) groups excluding carboxylic acids is 1. The van der Waals surface area contributed by atoms with Crippen LogP contribution in [0, 0.1) is 0 Å². The van der Waals surface area contributed by atoms with Gasteiger partial charge >= 0.3 is 0 Å². The van der Waals surface area contributed by atoms with Crippen LogP contribution in [0.3, 0.4) is 0 Å². The van der Waals surface area contributed by atoms with Gasteiger partial charge in [0.1, 0.15) is 6.04 Å². The molecule has 5 heteroatoms. The normalized spacial score (nSPS) is 12.3. The molecule has 0 fully saturated rings. The highest BCUT2D eigenvalue weighted by Crippen LogP contribution is 2.23. The van der Waals surface area contributed by atoms with Gasteiger partial charge in [-0.05, 0) is 36.4 Å². The predicted molar refractivity (Wildman–Crippen MR) is 81.8 cm³/mol. The van der Waals surface area contributed by atoms with Crippen molar-refractivity contribution in [2.45, 2.75) is 12.6 Å². The minimum atomic E-state index is -0.465. The SMILES string of the molecule is CN(Cc1cccnc1)C(C(N)=O)c1cccc(Br)c1. The van der Waals surface area contributed by atoms with Crippen molar-refractivity contribution < 1.29 is 4.79 Å². The van der Waals surface area contributed by atoms with E-state index in [9.17, 15) is 4.79 Å². The largest absolute Gasteiger partial charge is 0.368 e. The molecule has 1 aromatic carbocycles. The highest BCUT2D eigenvalue weighted by Gasteiger charge is 2.23. The van der Waals surface area contributed by atoms with Crippen LogP contribution in [0.15, 0.2) is 53.3 Å². The Morgan fingerprint density at radius 2 is 2.20 bits per heavy atom. The molecule has 0 spiro atoms. The van der Waals surface area contributed by atoms with Crippen molar-refractivity contribution in [2.24, 2.45) is 5.73 Å². The van der Waals surface area contributed by atoms with E-state index in [-0.39, 0.29) is 5.91 Å². The van der Waals surface area contributed by atoms with Crippen molar-refractivity contribution in [3.63, 3.8) is 0 Å². The molecule has 2 aromatic rings. The molecule has 0 aliphatic rings. The van der Waals surface area contributed by atoms with Gasteiger partial charge in [-0.25, -0.2) is 0 Å². The van der Waals surface area contributed by atoms with E-state index < -0.39 is 6.04 Å². The summed E-state index contributed by atoms with van der Waals surface area (Å²) in [7, 11) is 1.88. The van der Waals surface area contributed by atoms with Crippen LogP contribution in [0.2, 0.25) is 0 Å². The topological polar surface area (TPSA) is 59.2 Å². The zero-order chi connectivity index (χ0) is 14.5. The molecule has 0 saturated carbocycles. The van der Waals surface area contributed by atoms with E-state index in [2.05, 4.69) is 20.9 Å². The van der Waals surface area contributed by atoms with Crippen molar-refractivity contribution in [1.29, 1.82) is 0 Å². The Kier molecular flexibility index (Phi) is 4.87. The summed E-state index contributed by atoms with van der Waals surface area (Å²) in [4.78, 5) is 17.8. The molecule has 2 rings (SSSR count). The molecule has 0 aliphatic heterocycles. The van der Waals surface area contributed by atoms with Gasteiger partial charge in [0.15, 0.2) is 0 Å². The number of hydrogen-bond acceptors (Lipinski definition) is 3. The summed E-state index contributed by atoms with van der Waals surface area (Å²) in [5.41, 5.74) is 7.47. The fraction of sp³-hybridized carbons (Fsp3) is 0.200. The van der Waals surface area contributed by atoms with Gasteiger partial charge in [-0.3, -0.25) is 14.7 Å². The van der Waals surface area contributed by atoms with E-state index in [0.29, 0.717) is 6.54 Å². The third-order valence-corrected chi connectivity index (χ3v) is 3.52. The number of hydrogen-bond donors (Lipinski definition) is 1. The van der Waals surface area contributed by atoms with Gasteiger partial charge in [0.25, 0.3) is 0 Å². The maximum Gasteiger partial charge on any atom is 0.239 e. The quantitative estimate of drug-likeness (QED) is 0.914. The van der Waals surface area contributed by atoms with Gasteiger partial charge in [0.05, 0.1) is 0 Å². The van der Waals surface area contributed by atoms with Crippen LogP contribution in [0.1, 0.15) is 17.2 Å². The number of halogens is 1. The van der Waals surface area contributed by atoms with E-state index in [1.54, 1.807) is 12.4 Å². The predicted octanol–water partition coefficient (Wildman–Crippen LogP) is 2.50.